The van der Waals surface area contributed by atoms with Gasteiger partial charge in [-0.2, -0.15) is 0 Å². The standard InChI is InChI=1S/C15H19FN2S/c1-9-5-10(2)7-12(6-9)17-15-18-13-8-11(16)3-4-14(13)19-15/h3-4,8-10,12H,5-7H2,1-2H3,(H,17,18). The van der Waals surface area contributed by atoms with Crippen LogP contribution in [0.4, 0.5) is 9.52 Å². The first kappa shape index (κ1) is 12.9. The molecule has 1 aliphatic rings. The van der Waals surface area contributed by atoms with Gasteiger partial charge in [-0.05, 0) is 43.2 Å². The molecule has 1 N–H and O–H groups in total. The number of rotatable bonds is 2. The van der Waals surface area contributed by atoms with Crippen LogP contribution in [0.1, 0.15) is 33.1 Å². The third kappa shape index (κ3) is 2.89. The third-order valence-corrected chi connectivity index (χ3v) is 4.82. The molecule has 102 valence electrons. The van der Waals surface area contributed by atoms with Crippen molar-refractivity contribution in [1.29, 1.82) is 0 Å². The molecule has 1 aliphatic carbocycles. The first-order chi connectivity index (χ1) is 9.10. The predicted octanol–water partition coefficient (Wildman–Crippen LogP) is 4.67. The summed E-state index contributed by atoms with van der Waals surface area (Å²) in [7, 11) is 0. The van der Waals surface area contributed by atoms with Crippen molar-refractivity contribution in [3.05, 3.63) is 24.0 Å². The highest BCUT2D eigenvalue weighted by molar-refractivity contribution is 7.22. The summed E-state index contributed by atoms with van der Waals surface area (Å²) >= 11 is 1.61. The molecule has 0 bridgehead atoms. The fourth-order valence-corrected chi connectivity index (χ4v) is 4.12. The Labute approximate surface area is 117 Å². The Bertz CT molecular complexity index is 571. The van der Waals surface area contributed by atoms with Crippen LogP contribution in [0.5, 0.6) is 0 Å². The van der Waals surface area contributed by atoms with Gasteiger partial charge in [-0.25, -0.2) is 9.37 Å². The summed E-state index contributed by atoms with van der Waals surface area (Å²) in [6, 6.07) is 5.31. The first-order valence-corrected chi connectivity index (χ1v) is 7.74. The Morgan fingerprint density at radius 2 is 1.95 bits per heavy atom. The molecule has 1 heterocycles. The normalized spacial score (nSPS) is 27.6. The fraction of sp³-hybridized carbons (Fsp3) is 0.533. The number of anilines is 1. The average molecular weight is 278 g/mol. The van der Waals surface area contributed by atoms with Crippen molar-refractivity contribution < 1.29 is 4.39 Å². The number of fused-ring (bicyclic) bond motifs is 1. The van der Waals surface area contributed by atoms with Crippen LogP contribution >= 0.6 is 11.3 Å². The van der Waals surface area contributed by atoms with Crippen molar-refractivity contribution in [2.24, 2.45) is 11.8 Å². The fourth-order valence-electron chi connectivity index (χ4n) is 3.20. The molecule has 2 unspecified atom stereocenters. The zero-order chi connectivity index (χ0) is 13.4. The predicted molar refractivity (Wildman–Crippen MR) is 79.2 cm³/mol. The van der Waals surface area contributed by atoms with Crippen molar-refractivity contribution in [1.82, 2.24) is 4.98 Å². The van der Waals surface area contributed by atoms with Crippen molar-refractivity contribution in [3.63, 3.8) is 0 Å². The van der Waals surface area contributed by atoms with Gasteiger partial charge >= 0.3 is 0 Å². The first-order valence-electron chi connectivity index (χ1n) is 6.93. The maximum absolute atomic E-state index is 13.2. The van der Waals surface area contributed by atoms with E-state index in [2.05, 4.69) is 24.1 Å². The molecule has 0 amide bonds. The summed E-state index contributed by atoms with van der Waals surface area (Å²) in [4.78, 5) is 4.49. The molecule has 1 saturated carbocycles. The second-order valence-electron chi connectivity index (χ2n) is 5.89. The van der Waals surface area contributed by atoms with E-state index in [9.17, 15) is 4.39 Å². The van der Waals surface area contributed by atoms with E-state index < -0.39 is 0 Å². The summed E-state index contributed by atoms with van der Waals surface area (Å²) in [6.07, 6.45) is 3.73. The van der Waals surface area contributed by atoms with Crippen LogP contribution in [0.3, 0.4) is 0 Å². The van der Waals surface area contributed by atoms with E-state index in [1.807, 2.05) is 0 Å². The minimum absolute atomic E-state index is 0.218. The number of nitrogens with zero attached hydrogens (tertiary/aromatic N) is 1. The van der Waals surface area contributed by atoms with Crippen LogP contribution in [-0.2, 0) is 0 Å². The van der Waals surface area contributed by atoms with Crippen LogP contribution in [0.2, 0.25) is 0 Å². The maximum Gasteiger partial charge on any atom is 0.184 e. The molecule has 4 heteroatoms. The summed E-state index contributed by atoms with van der Waals surface area (Å²) in [5, 5.41) is 4.46. The minimum Gasteiger partial charge on any atom is -0.359 e. The number of hydrogen-bond acceptors (Lipinski definition) is 3. The van der Waals surface area contributed by atoms with E-state index in [1.165, 1.54) is 31.4 Å². The molecule has 1 aromatic carbocycles. The lowest BCUT2D eigenvalue weighted by atomic mass is 9.80. The van der Waals surface area contributed by atoms with E-state index in [1.54, 1.807) is 17.4 Å². The Hall–Kier alpha value is -1.16. The highest BCUT2D eigenvalue weighted by Crippen LogP contribution is 2.33. The van der Waals surface area contributed by atoms with Crippen LogP contribution in [0, 0.1) is 17.7 Å². The molecule has 3 rings (SSSR count). The van der Waals surface area contributed by atoms with Crippen LogP contribution < -0.4 is 5.32 Å². The van der Waals surface area contributed by atoms with E-state index in [4.69, 9.17) is 0 Å². The Morgan fingerprint density at radius 3 is 2.68 bits per heavy atom. The summed E-state index contributed by atoms with van der Waals surface area (Å²) in [5.74, 6) is 1.32. The van der Waals surface area contributed by atoms with Gasteiger partial charge in [-0.1, -0.05) is 25.2 Å². The molecular weight excluding hydrogens is 259 g/mol. The van der Waals surface area contributed by atoms with Gasteiger partial charge in [0.15, 0.2) is 5.13 Å². The molecule has 0 aliphatic heterocycles. The zero-order valence-corrected chi connectivity index (χ0v) is 12.1. The number of aromatic nitrogens is 1. The highest BCUT2D eigenvalue weighted by Gasteiger charge is 2.24. The van der Waals surface area contributed by atoms with Crippen molar-refractivity contribution in [2.45, 2.75) is 39.2 Å². The summed E-state index contributed by atoms with van der Waals surface area (Å²) in [5.41, 5.74) is 0.754. The molecule has 2 nitrogen and oxygen atoms in total. The lowest BCUT2D eigenvalue weighted by molar-refractivity contribution is 0.281. The van der Waals surface area contributed by atoms with Crippen molar-refractivity contribution >= 4 is 26.7 Å². The topological polar surface area (TPSA) is 24.9 Å². The summed E-state index contributed by atoms with van der Waals surface area (Å²) < 4.78 is 14.2. The number of nitrogens with one attached hydrogen (secondary N) is 1. The molecule has 0 spiro atoms. The smallest absolute Gasteiger partial charge is 0.184 e. The Balaban J connectivity index is 1.77. The second-order valence-corrected chi connectivity index (χ2v) is 6.92. The van der Waals surface area contributed by atoms with E-state index >= 15 is 0 Å². The number of halogens is 1. The molecule has 2 aromatic rings. The number of benzene rings is 1. The van der Waals surface area contributed by atoms with Gasteiger partial charge in [0.25, 0.3) is 0 Å². The van der Waals surface area contributed by atoms with Gasteiger partial charge in [-0.3, -0.25) is 0 Å². The maximum atomic E-state index is 13.2. The van der Waals surface area contributed by atoms with Gasteiger partial charge < -0.3 is 5.32 Å². The molecule has 0 saturated heterocycles. The number of hydrogen-bond donors (Lipinski definition) is 1. The molecule has 0 radical (unpaired) electrons. The Kier molecular flexibility index (Phi) is 3.44. The van der Waals surface area contributed by atoms with Gasteiger partial charge in [0.1, 0.15) is 5.82 Å². The van der Waals surface area contributed by atoms with Crippen LogP contribution in [-0.4, -0.2) is 11.0 Å². The second kappa shape index (κ2) is 5.08. The molecule has 1 aromatic heterocycles. The van der Waals surface area contributed by atoms with Gasteiger partial charge in [0.2, 0.25) is 0 Å². The van der Waals surface area contributed by atoms with Gasteiger partial charge in [0, 0.05) is 12.1 Å². The molecular formula is C15H19FN2S. The largest absolute Gasteiger partial charge is 0.359 e. The summed E-state index contributed by atoms with van der Waals surface area (Å²) in [6.45, 7) is 4.64. The lowest BCUT2D eigenvalue weighted by Crippen LogP contribution is -2.30. The molecule has 2 atom stereocenters. The quantitative estimate of drug-likeness (QED) is 0.863. The Morgan fingerprint density at radius 1 is 1.21 bits per heavy atom. The van der Waals surface area contributed by atoms with Crippen LogP contribution in [0.15, 0.2) is 18.2 Å². The van der Waals surface area contributed by atoms with E-state index in [0.29, 0.717) is 6.04 Å². The lowest BCUT2D eigenvalue weighted by Gasteiger charge is -2.31. The zero-order valence-electron chi connectivity index (χ0n) is 11.3. The van der Waals surface area contributed by atoms with Gasteiger partial charge in [-0.15, -0.1) is 0 Å². The highest BCUT2D eigenvalue weighted by atomic mass is 32.1. The van der Waals surface area contributed by atoms with E-state index in [-0.39, 0.29) is 5.82 Å². The van der Waals surface area contributed by atoms with Gasteiger partial charge in [0.05, 0.1) is 10.2 Å². The average Bonchev–Trinajstić information content (AvgIpc) is 2.68. The van der Waals surface area contributed by atoms with Crippen LogP contribution in [0.25, 0.3) is 10.2 Å². The molecule has 1 fully saturated rings. The van der Waals surface area contributed by atoms with Crippen molar-refractivity contribution in [2.75, 3.05) is 5.32 Å². The minimum atomic E-state index is -0.218. The number of thiazole rings is 1. The SMILES string of the molecule is CC1CC(C)CC(Nc2nc3cc(F)ccc3s2)C1. The van der Waals surface area contributed by atoms with E-state index in [0.717, 1.165) is 27.2 Å². The van der Waals surface area contributed by atoms with Crippen molar-refractivity contribution in [3.8, 4) is 0 Å². The third-order valence-electron chi connectivity index (χ3n) is 3.86. The monoisotopic (exact) mass is 278 g/mol. The molecule has 19 heavy (non-hydrogen) atoms.